The van der Waals surface area contributed by atoms with Crippen molar-refractivity contribution < 1.29 is 22.3 Å². The number of hydrogen-bond acceptors (Lipinski definition) is 4. The molecule has 10 heteroatoms. The molecule has 0 aliphatic rings. The Labute approximate surface area is 176 Å². The number of halogens is 3. The molecule has 0 saturated heterocycles. The Bertz CT molecular complexity index is 968. The van der Waals surface area contributed by atoms with E-state index in [0.717, 1.165) is 0 Å². The molecule has 0 unspecified atom stereocenters. The molecule has 1 N–H and O–H groups in total. The Morgan fingerprint density at radius 3 is 2.50 bits per heavy atom. The van der Waals surface area contributed by atoms with Crippen LogP contribution in [0.2, 0.25) is 5.02 Å². The van der Waals surface area contributed by atoms with Gasteiger partial charge >= 0.3 is 0 Å². The number of anilines is 1. The van der Waals surface area contributed by atoms with Gasteiger partial charge in [0.15, 0.2) is 6.61 Å². The number of amides is 1. The standard InChI is InChI=1S/C18H19BrClFN2O4S/c1-3-23(4-2)28(25,26)17-10-13(20)6-8-16(17)27-11-18(24)22-15-7-5-12(19)9-14(15)21/h5-10H,3-4,11H2,1-2H3,(H,22,24). The highest BCUT2D eigenvalue weighted by atomic mass is 79.9. The maximum absolute atomic E-state index is 13.8. The van der Waals surface area contributed by atoms with Crippen molar-refractivity contribution in [1.29, 1.82) is 0 Å². The van der Waals surface area contributed by atoms with Crippen molar-refractivity contribution in [2.45, 2.75) is 18.7 Å². The van der Waals surface area contributed by atoms with Crippen molar-refractivity contribution in [3.63, 3.8) is 0 Å². The third-order valence-corrected chi connectivity index (χ3v) is 6.59. The lowest BCUT2D eigenvalue weighted by Crippen LogP contribution is -2.31. The number of benzene rings is 2. The highest BCUT2D eigenvalue weighted by Gasteiger charge is 2.26. The molecule has 0 atom stereocenters. The zero-order chi connectivity index (χ0) is 20.9. The molecule has 0 saturated carbocycles. The minimum Gasteiger partial charge on any atom is -0.482 e. The second-order valence-corrected chi connectivity index (χ2v) is 8.90. The number of carbonyl (C=O) groups is 1. The van der Waals surface area contributed by atoms with Gasteiger partial charge in [-0.05, 0) is 36.4 Å². The molecule has 0 aliphatic heterocycles. The topological polar surface area (TPSA) is 75.7 Å². The van der Waals surface area contributed by atoms with Crippen molar-refractivity contribution in [3.8, 4) is 5.75 Å². The molecule has 0 radical (unpaired) electrons. The molecule has 0 spiro atoms. The van der Waals surface area contributed by atoms with Crippen LogP contribution in [0.1, 0.15) is 13.8 Å². The molecule has 2 rings (SSSR count). The molecule has 0 aliphatic carbocycles. The molecule has 0 aromatic heterocycles. The van der Waals surface area contributed by atoms with Crippen molar-refractivity contribution in [1.82, 2.24) is 4.31 Å². The van der Waals surface area contributed by atoms with E-state index in [1.54, 1.807) is 19.9 Å². The van der Waals surface area contributed by atoms with Crippen LogP contribution in [0.5, 0.6) is 5.75 Å². The van der Waals surface area contributed by atoms with Gasteiger partial charge in [-0.1, -0.05) is 41.4 Å². The smallest absolute Gasteiger partial charge is 0.262 e. The quantitative estimate of drug-likeness (QED) is 0.595. The van der Waals surface area contributed by atoms with Gasteiger partial charge in [0.05, 0.1) is 5.69 Å². The number of nitrogens with one attached hydrogen (secondary N) is 1. The first-order valence-corrected chi connectivity index (χ1v) is 11.0. The average Bonchev–Trinajstić information content (AvgIpc) is 2.63. The summed E-state index contributed by atoms with van der Waals surface area (Å²) in [7, 11) is -3.85. The van der Waals surface area contributed by atoms with E-state index < -0.39 is 28.4 Å². The van der Waals surface area contributed by atoms with Crippen molar-refractivity contribution >= 4 is 49.1 Å². The van der Waals surface area contributed by atoms with Gasteiger partial charge in [-0.3, -0.25) is 4.79 Å². The van der Waals surface area contributed by atoms with Gasteiger partial charge in [-0.2, -0.15) is 4.31 Å². The molecular weight excluding hydrogens is 475 g/mol. The molecule has 6 nitrogen and oxygen atoms in total. The van der Waals surface area contributed by atoms with E-state index in [9.17, 15) is 17.6 Å². The van der Waals surface area contributed by atoms with Crippen LogP contribution in [0.15, 0.2) is 45.8 Å². The number of sulfonamides is 1. The Kier molecular flexibility index (Phi) is 7.82. The summed E-state index contributed by atoms with van der Waals surface area (Å²) in [4.78, 5) is 12.0. The van der Waals surface area contributed by atoms with Crippen LogP contribution in [0.3, 0.4) is 0 Å². The Balaban J connectivity index is 2.19. The van der Waals surface area contributed by atoms with Gasteiger partial charge in [-0.25, -0.2) is 12.8 Å². The fourth-order valence-corrected chi connectivity index (χ4v) is 4.61. The van der Waals surface area contributed by atoms with E-state index in [1.807, 2.05) is 0 Å². The van der Waals surface area contributed by atoms with Crippen molar-refractivity contribution in [2.75, 3.05) is 25.0 Å². The van der Waals surface area contributed by atoms with Crippen LogP contribution in [0, 0.1) is 5.82 Å². The Morgan fingerprint density at radius 2 is 1.89 bits per heavy atom. The van der Waals surface area contributed by atoms with Crippen LogP contribution >= 0.6 is 27.5 Å². The maximum atomic E-state index is 13.8. The molecule has 2 aromatic rings. The van der Waals surface area contributed by atoms with Crippen LogP contribution in [-0.4, -0.2) is 38.3 Å². The first kappa shape index (κ1) is 22.6. The minimum absolute atomic E-state index is 0.0103. The fraction of sp³-hybridized carbons (Fsp3) is 0.278. The normalized spacial score (nSPS) is 11.5. The van der Waals surface area contributed by atoms with E-state index >= 15 is 0 Å². The molecule has 152 valence electrons. The second-order valence-electron chi connectivity index (χ2n) is 5.64. The van der Waals surface area contributed by atoms with Crippen LogP contribution < -0.4 is 10.1 Å². The molecular formula is C18H19BrClFN2O4S. The van der Waals surface area contributed by atoms with Gasteiger partial charge in [0, 0.05) is 22.6 Å². The van der Waals surface area contributed by atoms with Gasteiger partial charge in [0.1, 0.15) is 16.5 Å². The van der Waals surface area contributed by atoms with Crippen LogP contribution in [0.4, 0.5) is 10.1 Å². The van der Waals surface area contributed by atoms with Crippen LogP contribution in [-0.2, 0) is 14.8 Å². The molecule has 0 bridgehead atoms. The number of rotatable bonds is 8. The summed E-state index contributed by atoms with van der Waals surface area (Å²) in [6.45, 7) is 3.47. The van der Waals surface area contributed by atoms with Crippen molar-refractivity contribution in [2.24, 2.45) is 0 Å². The van der Waals surface area contributed by atoms with Gasteiger partial charge in [-0.15, -0.1) is 0 Å². The van der Waals surface area contributed by atoms with E-state index in [2.05, 4.69) is 21.2 Å². The average molecular weight is 494 g/mol. The largest absolute Gasteiger partial charge is 0.482 e. The Morgan fingerprint density at radius 1 is 1.21 bits per heavy atom. The number of ether oxygens (including phenoxy) is 1. The third kappa shape index (κ3) is 5.44. The molecule has 28 heavy (non-hydrogen) atoms. The number of carbonyl (C=O) groups excluding carboxylic acids is 1. The molecule has 2 aromatic carbocycles. The zero-order valence-electron chi connectivity index (χ0n) is 15.2. The highest BCUT2D eigenvalue weighted by Crippen LogP contribution is 2.30. The lowest BCUT2D eigenvalue weighted by molar-refractivity contribution is -0.118. The second kappa shape index (κ2) is 9.69. The minimum atomic E-state index is -3.85. The number of hydrogen-bond donors (Lipinski definition) is 1. The SMILES string of the molecule is CCN(CC)S(=O)(=O)c1cc(Cl)ccc1OCC(=O)Nc1ccc(Br)cc1F. The van der Waals surface area contributed by atoms with Crippen LogP contribution in [0.25, 0.3) is 0 Å². The summed E-state index contributed by atoms with van der Waals surface area (Å²) in [5.41, 5.74) is -0.0103. The first-order chi connectivity index (χ1) is 13.2. The number of nitrogens with zero attached hydrogens (tertiary/aromatic N) is 1. The predicted molar refractivity (Wildman–Crippen MR) is 110 cm³/mol. The zero-order valence-corrected chi connectivity index (χ0v) is 18.4. The summed E-state index contributed by atoms with van der Waals surface area (Å²) in [6.07, 6.45) is 0. The predicted octanol–water partition coefficient (Wildman–Crippen LogP) is 4.29. The third-order valence-electron chi connectivity index (χ3n) is 3.79. The lowest BCUT2D eigenvalue weighted by Gasteiger charge is -2.20. The summed E-state index contributed by atoms with van der Waals surface area (Å²) in [5, 5.41) is 2.60. The maximum Gasteiger partial charge on any atom is 0.262 e. The van der Waals surface area contributed by atoms with Gasteiger partial charge in [0.25, 0.3) is 5.91 Å². The molecule has 0 fully saturated rings. The van der Waals surface area contributed by atoms with Crippen molar-refractivity contribution in [3.05, 3.63) is 51.7 Å². The summed E-state index contributed by atoms with van der Waals surface area (Å²) in [6, 6.07) is 8.31. The van der Waals surface area contributed by atoms with E-state index in [1.165, 1.54) is 34.6 Å². The van der Waals surface area contributed by atoms with E-state index in [-0.39, 0.29) is 34.4 Å². The summed E-state index contributed by atoms with van der Waals surface area (Å²) >= 11 is 9.08. The first-order valence-electron chi connectivity index (χ1n) is 8.36. The summed E-state index contributed by atoms with van der Waals surface area (Å²) < 4.78 is 46.6. The highest BCUT2D eigenvalue weighted by molar-refractivity contribution is 9.10. The Hall–Kier alpha value is -1.68. The van der Waals surface area contributed by atoms with Gasteiger partial charge < -0.3 is 10.1 Å². The van der Waals surface area contributed by atoms with Gasteiger partial charge in [0.2, 0.25) is 10.0 Å². The summed E-state index contributed by atoms with van der Waals surface area (Å²) in [5.74, 6) is -1.26. The monoisotopic (exact) mass is 492 g/mol. The molecule has 1 amide bonds. The van der Waals surface area contributed by atoms with E-state index in [0.29, 0.717) is 4.47 Å². The lowest BCUT2D eigenvalue weighted by atomic mass is 10.3. The molecule has 0 heterocycles. The fourth-order valence-electron chi connectivity index (χ4n) is 2.43. The van der Waals surface area contributed by atoms with E-state index in [4.69, 9.17) is 16.3 Å².